The highest BCUT2D eigenvalue weighted by Gasteiger charge is 2.41. The van der Waals surface area contributed by atoms with E-state index < -0.39 is 12.0 Å². The van der Waals surface area contributed by atoms with Gasteiger partial charge in [-0.1, -0.05) is 18.2 Å². The molecule has 0 saturated heterocycles. The Morgan fingerprint density at radius 1 is 1.09 bits per heavy atom. The SMILES string of the molecule is COC(=O)c1ccccc1C1NC(=S)N(C2CC2)C(C)=C1C(=O)Nc1cc(OC)ccc1OC. The normalized spacial score (nSPS) is 17.7. The second-order valence-electron chi connectivity index (χ2n) is 8.08. The van der Waals surface area contributed by atoms with E-state index in [0.717, 1.165) is 18.5 Å². The van der Waals surface area contributed by atoms with Gasteiger partial charge in [0, 0.05) is 17.8 Å². The number of ether oxygens (including phenoxy) is 3. The summed E-state index contributed by atoms with van der Waals surface area (Å²) in [5, 5.41) is 6.79. The highest BCUT2D eigenvalue weighted by Crippen LogP contribution is 2.39. The standard InChI is InChI=1S/C25H27N3O5S/c1-14-21(23(29)26-19-13-16(31-2)11-12-20(19)32-3)22(27-25(34)28(14)15-9-10-15)17-7-5-6-8-18(17)24(30)33-4/h5-8,11-13,15,22H,9-10H2,1-4H3,(H,26,29)(H,27,34). The predicted octanol–water partition coefficient (Wildman–Crippen LogP) is 3.80. The van der Waals surface area contributed by atoms with Gasteiger partial charge in [-0.25, -0.2) is 4.79 Å². The average molecular weight is 482 g/mol. The zero-order chi connectivity index (χ0) is 24.4. The summed E-state index contributed by atoms with van der Waals surface area (Å²) in [5.41, 5.74) is 2.65. The number of amides is 1. The van der Waals surface area contributed by atoms with Crippen molar-refractivity contribution in [3.63, 3.8) is 0 Å². The van der Waals surface area contributed by atoms with E-state index in [1.54, 1.807) is 43.5 Å². The molecule has 0 aromatic heterocycles. The van der Waals surface area contributed by atoms with Gasteiger partial charge < -0.3 is 29.7 Å². The molecule has 1 amide bonds. The number of anilines is 1. The van der Waals surface area contributed by atoms with E-state index in [1.807, 2.05) is 17.9 Å². The lowest BCUT2D eigenvalue weighted by atomic mass is 9.90. The maximum atomic E-state index is 13.8. The molecule has 2 aliphatic rings. The number of benzene rings is 2. The molecule has 178 valence electrons. The topological polar surface area (TPSA) is 89.1 Å². The van der Waals surface area contributed by atoms with E-state index in [9.17, 15) is 9.59 Å². The summed E-state index contributed by atoms with van der Waals surface area (Å²) >= 11 is 5.67. The van der Waals surface area contributed by atoms with Crippen LogP contribution in [0.1, 0.15) is 41.7 Å². The van der Waals surface area contributed by atoms with Gasteiger partial charge in [-0.05, 0) is 55.7 Å². The Labute approximate surface area is 203 Å². The second-order valence-corrected chi connectivity index (χ2v) is 8.47. The third-order valence-corrected chi connectivity index (χ3v) is 6.33. The molecule has 1 unspecified atom stereocenters. The molecule has 9 heteroatoms. The molecule has 2 N–H and O–H groups in total. The van der Waals surface area contributed by atoms with E-state index in [1.165, 1.54) is 14.2 Å². The molecule has 2 aromatic carbocycles. The van der Waals surface area contributed by atoms with Crippen LogP contribution in [0.5, 0.6) is 11.5 Å². The summed E-state index contributed by atoms with van der Waals surface area (Å²) in [6, 6.07) is 11.8. The lowest BCUT2D eigenvalue weighted by molar-refractivity contribution is -0.113. The zero-order valence-corrected chi connectivity index (χ0v) is 20.3. The molecule has 1 fully saturated rings. The smallest absolute Gasteiger partial charge is 0.338 e. The minimum Gasteiger partial charge on any atom is -0.497 e. The Hall–Kier alpha value is -3.59. The van der Waals surface area contributed by atoms with E-state index in [-0.39, 0.29) is 11.9 Å². The van der Waals surface area contributed by atoms with Crippen LogP contribution in [0, 0.1) is 0 Å². The fourth-order valence-corrected chi connectivity index (χ4v) is 4.61. The number of methoxy groups -OCH3 is 3. The molecule has 1 saturated carbocycles. The number of carbonyl (C=O) groups excluding carboxylic acids is 2. The fraction of sp³-hybridized carbons (Fsp3) is 0.320. The van der Waals surface area contributed by atoms with Crippen LogP contribution in [0.2, 0.25) is 0 Å². The van der Waals surface area contributed by atoms with Crippen molar-refractivity contribution < 1.29 is 23.8 Å². The van der Waals surface area contributed by atoms with Crippen molar-refractivity contribution in [2.24, 2.45) is 0 Å². The van der Waals surface area contributed by atoms with Gasteiger partial charge in [-0.15, -0.1) is 0 Å². The van der Waals surface area contributed by atoms with Crippen LogP contribution in [0.25, 0.3) is 0 Å². The molecule has 4 rings (SSSR count). The molecule has 8 nitrogen and oxygen atoms in total. The van der Waals surface area contributed by atoms with E-state index in [0.29, 0.717) is 39.0 Å². The van der Waals surface area contributed by atoms with Gasteiger partial charge in [0.15, 0.2) is 5.11 Å². The van der Waals surface area contributed by atoms with Gasteiger partial charge in [-0.2, -0.15) is 0 Å². The summed E-state index contributed by atoms with van der Waals surface area (Å²) < 4.78 is 15.7. The highest BCUT2D eigenvalue weighted by atomic mass is 32.1. The lowest BCUT2D eigenvalue weighted by Gasteiger charge is -2.38. The predicted molar refractivity (Wildman–Crippen MR) is 132 cm³/mol. The van der Waals surface area contributed by atoms with Gasteiger partial charge >= 0.3 is 5.97 Å². The molecular weight excluding hydrogens is 454 g/mol. The van der Waals surface area contributed by atoms with Gasteiger partial charge in [0.05, 0.1) is 44.2 Å². The van der Waals surface area contributed by atoms with Gasteiger partial charge in [0.2, 0.25) is 0 Å². The van der Waals surface area contributed by atoms with Crippen LogP contribution < -0.4 is 20.1 Å². The largest absolute Gasteiger partial charge is 0.497 e. The zero-order valence-electron chi connectivity index (χ0n) is 19.5. The van der Waals surface area contributed by atoms with Crippen LogP contribution in [-0.2, 0) is 9.53 Å². The van der Waals surface area contributed by atoms with Gasteiger partial charge in [0.25, 0.3) is 5.91 Å². The highest BCUT2D eigenvalue weighted by molar-refractivity contribution is 7.80. The molecule has 34 heavy (non-hydrogen) atoms. The van der Waals surface area contributed by atoms with Crippen LogP contribution in [-0.4, -0.2) is 49.3 Å². The fourth-order valence-electron chi connectivity index (χ4n) is 4.20. The monoisotopic (exact) mass is 481 g/mol. The number of allylic oxidation sites excluding steroid dienone is 1. The number of rotatable bonds is 7. The van der Waals surface area contributed by atoms with Crippen LogP contribution in [0.4, 0.5) is 5.69 Å². The van der Waals surface area contributed by atoms with Crippen LogP contribution in [0.15, 0.2) is 53.7 Å². The maximum absolute atomic E-state index is 13.8. The number of carbonyl (C=O) groups is 2. The number of thiocarbonyl (C=S) groups is 1. The molecule has 1 heterocycles. The number of hydrogen-bond donors (Lipinski definition) is 2. The lowest BCUT2D eigenvalue weighted by Crippen LogP contribution is -2.49. The van der Waals surface area contributed by atoms with Gasteiger partial charge in [0.1, 0.15) is 11.5 Å². The third-order valence-electron chi connectivity index (χ3n) is 6.02. The molecule has 0 spiro atoms. The number of hydrogen-bond acceptors (Lipinski definition) is 6. The van der Waals surface area contributed by atoms with E-state index >= 15 is 0 Å². The molecule has 2 aromatic rings. The Bertz CT molecular complexity index is 1170. The number of nitrogens with zero attached hydrogens (tertiary/aromatic N) is 1. The van der Waals surface area contributed by atoms with Crippen molar-refractivity contribution in [2.75, 3.05) is 26.6 Å². The molecule has 0 radical (unpaired) electrons. The third kappa shape index (κ3) is 4.43. The van der Waals surface area contributed by atoms with Crippen LogP contribution >= 0.6 is 12.2 Å². The van der Waals surface area contributed by atoms with E-state index in [4.69, 9.17) is 26.4 Å². The van der Waals surface area contributed by atoms with Crippen molar-refractivity contribution in [1.82, 2.24) is 10.2 Å². The quantitative estimate of drug-likeness (QED) is 0.456. The molecular formula is C25H27N3O5S. The molecule has 0 bridgehead atoms. The number of nitrogens with one attached hydrogen (secondary N) is 2. The first-order valence-corrected chi connectivity index (χ1v) is 11.3. The van der Waals surface area contributed by atoms with Crippen LogP contribution in [0.3, 0.4) is 0 Å². The molecule has 1 aliphatic carbocycles. The Morgan fingerprint density at radius 2 is 1.82 bits per heavy atom. The Morgan fingerprint density at radius 3 is 2.47 bits per heavy atom. The minimum absolute atomic E-state index is 0.256. The van der Waals surface area contributed by atoms with Crippen molar-refractivity contribution >= 4 is 34.9 Å². The minimum atomic E-state index is -0.644. The van der Waals surface area contributed by atoms with E-state index in [2.05, 4.69) is 10.6 Å². The average Bonchev–Trinajstić information content (AvgIpc) is 3.68. The molecule has 1 aliphatic heterocycles. The first-order chi connectivity index (χ1) is 16.4. The van der Waals surface area contributed by atoms with Crippen molar-refractivity contribution in [2.45, 2.75) is 31.8 Å². The summed E-state index contributed by atoms with van der Waals surface area (Å²) in [6.07, 6.45) is 2.00. The maximum Gasteiger partial charge on any atom is 0.338 e. The Balaban J connectivity index is 1.80. The molecule has 1 atom stereocenters. The first-order valence-electron chi connectivity index (χ1n) is 10.9. The number of esters is 1. The van der Waals surface area contributed by atoms with Crippen molar-refractivity contribution in [3.05, 3.63) is 64.9 Å². The van der Waals surface area contributed by atoms with Gasteiger partial charge in [-0.3, -0.25) is 4.79 Å². The van der Waals surface area contributed by atoms with Crippen molar-refractivity contribution in [3.8, 4) is 11.5 Å². The second kappa shape index (κ2) is 9.72. The summed E-state index contributed by atoms with van der Waals surface area (Å²) in [7, 11) is 4.42. The Kier molecular flexibility index (Phi) is 6.74. The van der Waals surface area contributed by atoms with Crippen molar-refractivity contribution in [1.29, 1.82) is 0 Å². The summed E-state index contributed by atoms with van der Waals surface area (Å²) in [6.45, 7) is 1.89. The summed E-state index contributed by atoms with van der Waals surface area (Å²) in [5.74, 6) is 0.253. The first kappa shape index (κ1) is 23.6. The summed E-state index contributed by atoms with van der Waals surface area (Å²) in [4.78, 5) is 28.3.